The number of carbonyl (C=O) groups excluding carboxylic acids is 2. The van der Waals surface area contributed by atoms with Crippen LogP contribution in [0.25, 0.3) is 22.1 Å². The Morgan fingerprint density at radius 3 is 2.17 bits per heavy atom. The van der Waals surface area contributed by atoms with E-state index in [-0.39, 0.29) is 43.4 Å². The summed E-state index contributed by atoms with van der Waals surface area (Å²) in [5, 5.41) is 0.474. The fourth-order valence-electron chi connectivity index (χ4n) is 4.89. The second kappa shape index (κ2) is 13.0. The molecule has 0 fully saturated rings. The van der Waals surface area contributed by atoms with Gasteiger partial charge in [0.05, 0.1) is 23.8 Å². The van der Waals surface area contributed by atoms with Crippen LogP contribution < -0.4 is 5.43 Å². The van der Waals surface area contributed by atoms with Crippen molar-refractivity contribution in [1.29, 1.82) is 0 Å². The van der Waals surface area contributed by atoms with Crippen LogP contribution in [0.5, 0.6) is 0 Å². The van der Waals surface area contributed by atoms with E-state index in [9.17, 15) is 14.4 Å². The lowest BCUT2D eigenvalue weighted by molar-refractivity contribution is -0.133. The molecular formula is C36H32N2O4. The summed E-state index contributed by atoms with van der Waals surface area (Å²) in [5.74, 6) is -0.568. The van der Waals surface area contributed by atoms with Crippen LogP contribution in [0.2, 0.25) is 0 Å². The van der Waals surface area contributed by atoms with Crippen LogP contribution in [0.15, 0.2) is 131 Å². The summed E-state index contributed by atoms with van der Waals surface area (Å²) in [5.41, 5.74) is 5.07. The van der Waals surface area contributed by atoms with Gasteiger partial charge in [-0.1, -0.05) is 90.5 Å². The Kier molecular flexibility index (Phi) is 8.73. The highest BCUT2D eigenvalue weighted by atomic mass is 16.3. The van der Waals surface area contributed by atoms with Gasteiger partial charge in [0.1, 0.15) is 12.1 Å². The Labute approximate surface area is 245 Å². The van der Waals surface area contributed by atoms with E-state index in [1.807, 2.05) is 85.8 Å². The Balaban J connectivity index is 1.39. The normalized spacial score (nSPS) is 10.8. The van der Waals surface area contributed by atoms with Crippen LogP contribution in [-0.4, -0.2) is 34.7 Å². The maximum atomic E-state index is 13.8. The molecule has 1 aromatic heterocycles. The lowest BCUT2D eigenvalue weighted by atomic mass is 10.0. The summed E-state index contributed by atoms with van der Waals surface area (Å²) in [6.45, 7) is 6.05. The predicted octanol–water partition coefficient (Wildman–Crippen LogP) is 6.63. The number of benzene rings is 4. The van der Waals surface area contributed by atoms with Crippen LogP contribution in [0.3, 0.4) is 0 Å². The molecule has 0 aliphatic rings. The van der Waals surface area contributed by atoms with Gasteiger partial charge in [-0.05, 0) is 47.9 Å². The molecule has 4 aromatic carbocycles. The third-order valence-corrected chi connectivity index (χ3v) is 7.13. The van der Waals surface area contributed by atoms with Gasteiger partial charge in [-0.3, -0.25) is 14.4 Å². The Morgan fingerprint density at radius 2 is 1.48 bits per heavy atom. The van der Waals surface area contributed by atoms with E-state index in [0.29, 0.717) is 22.1 Å². The molecule has 2 amide bonds. The second-order valence-corrected chi connectivity index (χ2v) is 10.2. The highest BCUT2D eigenvalue weighted by Gasteiger charge is 2.23. The summed E-state index contributed by atoms with van der Waals surface area (Å²) in [4.78, 5) is 43.8. The molecule has 5 rings (SSSR count). The van der Waals surface area contributed by atoms with E-state index >= 15 is 0 Å². The van der Waals surface area contributed by atoms with Crippen molar-refractivity contribution >= 4 is 22.8 Å². The minimum atomic E-state index is -0.293. The molecule has 0 aliphatic carbocycles. The van der Waals surface area contributed by atoms with Crippen LogP contribution in [0.4, 0.5) is 0 Å². The smallest absolute Gasteiger partial charge is 0.254 e. The van der Waals surface area contributed by atoms with Gasteiger partial charge in [-0.25, -0.2) is 0 Å². The van der Waals surface area contributed by atoms with Crippen molar-refractivity contribution in [2.24, 2.45) is 0 Å². The number of fused-ring (bicyclic) bond motifs is 1. The van der Waals surface area contributed by atoms with Crippen molar-refractivity contribution in [3.05, 3.63) is 155 Å². The lowest BCUT2D eigenvalue weighted by Crippen LogP contribution is -2.43. The average Bonchev–Trinajstić information content (AvgIpc) is 3.02. The van der Waals surface area contributed by atoms with Gasteiger partial charge in [0.15, 0.2) is 5.43 Å². The molecule has 0 aliphatic heterocycles. The number of rotatable bonds is 10. The monoisotopic (exact) mass is 556 g/mol. The Hall–Kier alpha value is -5.23. The average molecular weight is 557 g/mol. The van der Waals surface area contributed by atoms with Crippen LogP contribution in [0.1, 0.15) is 27.0 Å². The number of aryl methyl sites for hydroxylation is 1. The molecule has 0 atom stereocenters. The minimum absolute atomic E-state index is 0.0435. The van der Waals surface area contributed by atoms with Gasteiger partial charge in [0.25, 0.3) is 5.91 Å². The quantitative estimate of drug-likeness (QED) is 0.181. The fraction of sp³-hybridized carbons (Fsp3) is 0.139. The maximum absolute atomic E-state index is 13.8. The summed E-state index contributed by atoms with van der Waals surface area (Å²) in [6, 6.07) is 32.3. The van der Waals surface area contributed by atoms with Crippen LogP contribution in [-0.2, 0) is 17.9 Å². The van der Waals surface area contributed by atoms with E-state index in [1.54, 1.807) is 35.2 Å². The third kappa shape index (κ3) is 6.56. The van der Waals surface area contributed by atoms with Crippen molar-refractivity contribution in [3.63, 3.8) is 0 Å². The van der Waals surface area contributed by atoms with Crippen LogP contribution >= 0.6 is 0 Å². The first-order valence-corrected chi connectivity index (χ1v) is 13.8. The molecule has 0 spiro atoms. The number of carbonyl (C=O) groups is 2. The Morgan fingerprint density at radius 1 is 0.810 bits per heavy atom. The van der Waals surface area contributed by atoms with Gasteiger partial charge in [0.2, 0.25) is 5.91 Å². The standard InChI is InChI=1S/C36H32N2O4/c1-3-20-37(36(41)30-17-15-29(16-18-30)28-12-8-5-9-13-28)24-34(39)38(22-27-10-6-4-7-11-27)23-31-25-42-33-19-14-26(2)21-32(33)35(31)40/h3-19,21,25H,1,20,22-24H2,2H3. The van der Waals surface area contributed by atoms with Crippen molar-refractivity contribution in [2.45, 2.75) is 20.0 Å². The number of hydrogen-bond donors (Lipinski definition) is 0. The first-order chi connectivity index (χ1) is 20.4. The largest absolute Gasteiger partial charge is 0.464 e. The van der Waals surface area contributed by atoms with Crippen LogP contribution in [0, 0.1) is 6.92 Å². The molecule has 0 unspecified atom stereocenters. The number of hydrogen-bond acceptors (Lipinski definition) is 4. The maximum Gasteiger partial charge on any atom is 0.254 e. The lowest BCUT2D eigenvalue weighted by Gasteiger charge is -2.27. The van der Waals surface area contributed by atoms with Gasteiger partial charge >= 0.3 is 0 Å². The molecule has 1 heterocycles. The highest BCUT2D eigenvalue weighted by Crippen LogP contribution is 2.20. The van der Waals surface area contributed by atoms with E-state index < -0.39 is 0 Å². The third-order valence-electron chi connectivity index (χ3n) is 7.13. The molecular weight excluding hydrogens is 524 g/mol. The second-order valence-electron chi connectivity index (χ2n) is 10.2. The minimum Gasteiger partial charge on any atom is -0.464 e. The first kappa shape index (κ1) is 28.3. The van der Waals surface area contributed by atoms with Gasteiger partial charge in [-0.2, -0.15) is 0 Å². The van der Waals surface area contributed by atoms with Gasteiger partial charge < -0.3 is 14.2 Å². The zero-order chi connectivity index (χ0) is 29.5. The SMILES string of the molecule is C=CCN(CC(=O)N(Cc1ccccc1)Cc1coc2ccc(C)cc2c1=O)C(=O)c1ccc(-c2ccccc2)cc1. The predicted molar refractivity (Wildman–Crippen MR) is 166 cm³/mol. The number of amides is 2. The molecule has 5 aromatic rings. The topological polar surface area (TPSA) is 70.8 Å². The van der Waals surface area contributed by atoms with E-state index in [0.717, 1.165) is 22.3 Å². The molecule has 6 nitrogen and oxygen atoms in total. The van der Waals surface area contributed by atoms with Crippen molar-refractivity contribution in [2.75, 3.05) is 13.1 Å². The molecule has 0 saturated carbocycles. The van der Waals surface area contributed by atoms with Crippen molar-refractivity contribution < 1.29 is 14.0 Å². The molecule has 42 heavy (non-hydrogen) atoms. The van der Waals surface area contributed by atoms with E-state index in [2.05, 4.69) is 6.58 Å². The van der Waals surface area contributed by atoms with E-state index in [4.69, 9.17) is 4.42 Å². The summed E-state index contributed by atoms with van der Waals surface area (Å²) >= 11 is 0. The zero-order valence-corrected chi connectivity index (χ0v) is 23.5. The van der Waals surface area contributed by atoms with Gasteiger partial charge in [0, 0.05) is 18.7 Å². The molecule has 0 saturated heterocycles. The summed E-state index contributed by atoms with van der Waals surface area (Å²) in [7, 11) is 0. The highest BCUT2D eigenvalue weighted by molar-refractivity contribution is 5.97. The molecule has 0 radical (unpaired) electrons. The van der Waals surface area contributed by atoms with Gasteiger partial charge in [-0.15, -0.1) is 6.58 Å². The van der Waals surface area contributed by atoms with Crippen molar-refractivity contribution in [1.82, 2.24) is 9.80 Å². The number of nitrogens with zero attached hydrogens (tertiary/aromatic N) is 2. The molecule has 210 valence electrons. The molecule has 0 N–H and O–H groups in total. The molecule has 0 bridgehead atoms. The Bertz CT molecular complexity index is 1760. The van der Waals surface area contributed by atoms with Crippen molar-refractivity contribution in [3.8, 4) is 11.1 Å². The first-order valence-electron chi connectivity index (χ1n) is 13.8. The zero-order valence-electron chi connectivity index (χ0n) is 23.5. The molecule has 6 heteroatoms. The fourth-order valence-corrected chi connectivity index (χ4v) is 4.89. The summed E-state index contributed by atoms with van der Waals surface area (Å²) in [6.07, 6.45) is 3.03. The summed E-state index contributed by atoms with van der Waals surface area (Å²) < 4.78 is 5.75. The van der Waals surface area contributed by atoms with E-state index in [1.165, 1.54) is 11.2 Å².